The van der Waals surface area contributed by atoms with Crippen LogP contribution in [0.25, 0.3) is 6.08 Å². The van der Waals surface area contributed by atoms with Crippen LogP contribution in [0.1, 0.15) is 31.7 Å². The van der Waals surface area contributed by atoms with Crippen LogP contribution in [0.2, 0.25) is 0 Å². The zero-order valence-corrected chi connectivity index (χ0v) is 12.9. The highest BCUT2D eigenvalue weighted by Gasteiger charge is 2.13. The van der Waals surface area contributed by atoms with E-state index in [-0.39, 0.29) is 5.91 Å². The molecule has 0 spiro atoms. The molecule has 1 unspecified atom stereocenters. The van der Waals surface area contributed by atoms with Crippen molar-refractivity contribution in [2.24, 2.45) is 5.92 Å². The second-order valence-corrected chi connectivity index (χ2v) is 5.96. The molecule has 1 amide bonds. The third-order valence-corrected chi connectivity index (χ3v) is 3.87. The first-order valence-corrected chi connectivity index (χ1v) is 7.97. The summed E-state index contributed by atoms with van der Waals surface area (Å²) in [4.78, 5) is 14.3. The molecule has 1 saturated heterocycles. The molecule has 114 valence electrons. The molecular weight excluding hydrogens is 260 g/mol. The number of piperidine rings is 1. The molecule has 2 rings (SSSR count). The lowest BCUT2D eigenvalue weighted by molar-refractivity contribution is -0.116. The van der Waals surface area contributed by atoms with E-state index in [4.69, 9.17) is 0 Å². The lowest BCUT2D eigenvalue weighted by atomic mass is 10.1. The van der Waals surface area contributed by atoms with Crippen molar-refractivity contribution in [3.8, 4) is 0 Å². The van der Waals surface area contributed by atoms with Crippen molar-refractivity contribution in [2.75, 3.05) is 26.2 Å². The second kappa shape index (κ2) is 8.63. The SMILES string of the molecule is CC(CNC(=O)C=Cc1ccccc1)CN1CCCCC1. The predicted octanol–water partition coefficient (Wildman–Crippen LogP) is 2.94. The van der Waals surface area contributed by atoms with Crippen LogP contribution in [0.3, 0.4) is 0 Å². The molecule has 1 aromatic rings. The van der Waals surface area contributed by atoms with Crippen molar-refractivity contribution < 1.29 is 4.79 Å². The molecule has 1 heterocycles. The molecule has 1 N–H and O–H groups in total. The maximum absolute atomic E-state index is 11.8. The maximum atomic E-state index is 11.8. The zero-order chi connectivity index (χ0) is 14.9. The van der Waals surface area contributed by atoms with Gasteiger partial charge in [-0.05, 0) is 43.5 Å². The molecule has 1 fully saturated rings. The standard InChI is InChI=1S/C18H26N2O/c1-16(15-20-12-6-3-7-13-20)14-19-18(21)11-10-17-8-4-2-5-9-17/h2,4-5,8-11,16H,3,6-7,12-15H2,1H3,(H,19,21). The Labute approximate surface area is 128 Å². The summed E-state index contributed by atoms with van der Waals surface area (Å²) in [5.74, 6) is 0.488. The fraction of sp³-hybridized carbons (Fsp3) is 0.500. The van der Waals surface area contributed by atoms with Crippen LogP contribution in [-0.4, -0.2) is 37.0 Å². The summed E-state index contributed by atoms with van der Waals surface area (Å²) in [5.41, 5.74) is 1.05. The van der Waals surface area contributed by atoms with Gasteiger partial charge in [-0.15, -0.1) is 0 Å². The summed E-state index contributed by atoms with van der Waals surface area (Å²) in [6, 6.07) is 9.89. The Balaban J connectivity index is 1.67. The van der Waals surface area contributed by atoms with E-state index in [0.29, 0.717) is 5.92 Å². The highest BCUT2D eigenvalue weighted by Crippen LogP contribution is 2.10. The first-order chi connectivity index (χ1) is 10.2. The summed E-state index contributed by atoms with van der Waals surface area (Å²) in [5, 5.41) is 2.99. The van der Waals surface area contributed by atoms with Crippen LogP contribution in [-0.2, 0) is 4.79 Å². The van der Waals surface area contributed by atoms with E-state index in [1.54, 1.807) is 6.08 Å². The van der Waals surface area contributed by atoms with Gasteiger partial charge in [-0.1, -0.05) is 43.7 Å². The van der Waals surface area contributed by atoms with Gasteiger partial charge in [-0.25, -0.2) is 0 Å². The zero-order valence-electron chi connectivity index (χ0n) is 12.9. The Hall–Kier alpha value is -1.61. The third-order valence-electron chi connectivity index (χ3n) is 3.87. The third kappa shape index (κ3) is 6.13. The number of carbonyl (C=O) groups excluding carboxylic acids is 1. The van der Waals surface area contributed by atoms with Crippen LogP contribution >= 0.6 is 0 Å². The second-order valence-electron chi connectivity index (χ2n) is 5.96. The minimum absolute atomic E-state index is 0.00986. The number of hydrogen-bond donors (Lipinski definition) is 1. The number of nitrogens with one attached hydrogen (secondary N) is 1. The van der Waals surface area contributed by atoms with Gasteiger partial charge in [0.1, 0.15) is 0 Å². The first kappa shape index (κ1) is 15.8. The number of amides is 1. The van der Waals surface area contributed by atoms with Gasteiger partial charge in [0, 0.05) is 19.2 Å². The number of likely N-dealkylation sites (tertiary alicyclic amines) is 1. The fourth-order valence-electron chi connectivity index (χ4n) is 2.72. The van der Waals surface area contributed by atoms with Crippen LogP contribution in [0.15, 0.2) is 36.4 Å². The number of carbonyl (C=O) groups is 1. The quantitative estimate of drug-likeness (QED) is 0.816. The average molecular weight is 286 g/mol. The van der Waals surface area contributed by atoms with E-state index in [2.05, 4.69) is 17.1 Å². The number of rotatable bonds is 6. The van der Waals surface area contributed by atoms with Crippen molar-refractivity contribution in [3.05, 3.63) is 42.0 Å². The molecule has 21 heavy (non-hydrogen) atoms. The summed E-state index contributed by atoms with van der Waals surface area (Å²) in [6.45, 7) is 6.46. The van der Waals surface area contributed by atoms with Gasteiger partial charge >= 0.3 is 0 Å². The minimum atomic E-state index is -0.00986. The van der Waals surface area contributed by atoms with Crippen LogP contribution in [0.4, 0.5) is 0 Å². The Morgan fingerprint density at radius 2 is 1.95 bits per heavy atom. The van der Waals surface area contributed by atoms with Gasteiger partial charge in [0.15, 0.2) is 0 Å². The highest BCUT2D eigenvalue weighted by atomic mass is 16.1. The van der Waals surface area contributed by atoms with E-state index >= 15 is 0 Å². The largest absolute Gasteiger partial charge is 0.352 e. The van der Waals surface area contributed by atoms with Gasteiger partial charge in [0.05, 0.1) is 0 Å². The van der Waals surface area contributed by atoms with E-state index in [9.17, 15) is 4.79 Å². The molecule has 0 aromatic heterocycles. The Morgan fingerprint density at radius 1 is 1.24 bits per heavy atom. The number of benzene rings is 1. The van der Waals surface area contributed by atoms with E-state index in [1.165, 1.54) is 32.4 Å². The van der Waals surface area contributed by atoms with Crippen molar-refractivity contribution in [1.82, 2.24) is 10.2 Å². The molecule has 1 aliphatic heterocycles. The minimum Gasteiger partial charge on any atom is -0.352 e. The Kier molecular flexibility index (Phi) is 6.48. The Morgan fingerprint density at radius 3 is 2.67 bits per heavy atom. The molecular formula is C18H26N2O. The smallest absolute Gasteiger partial charge is 0.244 e. The molecule has 3 heteroatoms. The first-order valence-electron chi connectivity index (χ1n) is 7.97. The van der Waals surface area contributed by atoms with Gasteiger partial charge in [-0.2, -0.15) is 0 Å². The topological polar surface area (TPSA) is 32.3 Å². The van der Waals surface area contributed by atoms with E-state index in [1.807, 2.05) is 36.4 Å². The van der Waals surface area contributed by atoms with E-state index in [0.717, 1.165) is 18.7 Å². The fourth-order valence-corrected chi connectivity index (χ4v) is 2.72. The van der Waals surface area contributed by atoms with Gasteiger partial charge < -0.3 is 10.2 Å². The molecule has 0 saturated carbocycles. The molecule has 1 atom stereocenters. The summed E-state index contributed by atoms with van der Waals surface area (Å²) in [7, 11) is 0. The van der Waals surface area contributed by atoms with Gasteiger partial charge in [-0.3, -0.25) is 4.79 Å². The van der Waals surface area contributed by atoms with Crippen LogP contribution in [0.5, 0.6) is 0 Å². The maximum Gasteiger partial charge on any atom is 0.244 e. The van der Waals surface area contributed by atoms with Crippen LogP contribution < -0.4 is 5.32 Å². The summed E-state index contributed by atoms with van der Waals surface area (Å²) in [6.07, 6.45) is 7.47. The molecule has 0 radical (unpaired) electrons. The number of hydrogen-bond acceptors (Lipinski definition) is 2. The molecule has 1 aromatic carbocycles. The molecule has 1 aliphatic rings. The number of nitrogens with zero attached hydrogens (tertiary/aromatic N) is 1. The van der Waals surface area contributed by atoms with Crippen molar-refractivity contribution >= 4 is 12.0 Å². The molecule has 0 aliphatic carbocycles. The van der Waals surface area contributed by atoms with Crippen LogP contribution in [0, 0.1) is 5.92 Å². The lowest BCUT2D eigenvalue weighted by Crippen LogP contribution is -2.37. The van der Waals surface area contributed by atoms with Crippen molar-refractivity contribution in [3.63, 3.8) is 0 Å². The average Bonchev–Trinajstić information content (AvgIpc) is 2.53. The lowest BCUT2D eigenvalue weighted by Gasteiger charge is -2.29. The molecule has 0 bridgehead atoms. The summed E-state index contributed by atoms with van der Waals surface area (Å²) >= 11 is 0. The Bertz CT molecular complexity index is 450. The van der Waals surface area contributed by atoms with Crippen molar-refractivity contribution in [1.29, 1.82) is 0 Å². The highest BCUT2D eigenvalue weighted by molar-refractivity contribution is 5.91. The predicted molar refractivity (Wildman–Crippen MR) is 87.9 cm³/mol. The normalized spacial score (nSPS) is 17.8. The van der Waals surface area contributed by atoms with E-state index < -0.39 is 0 Å². The van der Waals surface area contributed by atoms with Crippen molar-refractivity contribution in [2.45, 2.75) is 26.2 Å². The molecule has 3 nitrogen and oxygen atoms in total. The monoisotopic (exact) mass is 286 g/mol. The van der Waals surface area contributed by atoms with Gasteiger partial charge in [0.2, 0.25) is 5.91 Å². The van der Waals surface area contributed by atoms with Gasteiger partial charge in [0.25, 0.3) is 0 Å². The summed E-state index contributed by atoms with van der Waals surface area (Å²) < 4.78 is 0.